The highest BCUT2D eigenvalue weighted by atomic mass is 32.1. The largest absolute Gasteiger partial charge is 0.273 e. The number of hydrogen-bond acceptors (Lipinski definition) is 3. The number of hydrazone groups is 1. The molecule has 23 heavy (non-hydrogen) atoms. The predicted molar refractivity (Wildman–Crippen MR) is 91.2 cm³/mol. The van der Waals surface area contributed by atoms with E-state index >= 15 is 0 Å². The lowest BCUT2D eigenvalue weighted by atomic mass is 9.98. The van der Waals surface area contributed by atoms with E-state index in [1.807, 2.05) is 31.4 Å². The third kappa shape index (κ3) is 2.93. The summed E-state index contributed by atoms with van der Waals surface area (Å²) in [4.78, 5) is 13.4. The van der Waals surface area contributed by atoms with Crippen molar-refractivity contribution in [2.24, 2.45) is 5.10 Å². The van der Waals surface area contributed by atoms with Crippen LogP contribution < -0.4 is 0 Å². The zero-order chi connectivity index (χ0) is 16.6. The van der Waals surface area contributed by atoms with Crippen LogP contribution >= 0.6 is 11.3 Å². The minimum absolute atomic E-state index is 0.0841. The van der Waals surface area contributed by atoms with E-state index in [-0.39, 0.29) is 17.8 Å². The fourth-order valence-corrected chi connectivity index (χ4v) is 3.77. The normalized spacial score (nSPS) is 17.5. The van der Waals surface area contributed by atoms with Crippen LogP contribution in [0.5, 0.6) is 0 Å². The number of benzene rings is 1. The molecule has 0 fully saturated rings. The molecule has 0 radical (unpaired) electrons. The van der Waals surface area contributed by atoms with Crippen molar-refractivity contribution in [2.75, 3.05) is 0 Å². The summed E-state index contributed by atoms with van der Waals surface area (Å²) in [5.41, 5.74) is 3.41. The first kappa shape index (κ1) is 15.9. The quantitative estimate of drug-likeness (QED) is 0.810. The molecule has 1 aromatic carbocycles. The van der Waals surface area contributed by atoms with Crippen molar-refractivity contribution in [3.8, 4) is 0 Å². The van der Waals surface area contributed by atoms with Crippen LogP contribution in [0.2, 0.25) is 0 Å². The number of amides is 1. The van der Waals surface area contributed by atoms with Gasteiger partial charge in [0.1, 0.15) is 5.82 Å². The lowest BCUT2D eigenvalue weighted by molar-refractivity contribution is -0.132. The molecule has 120 valence electrons. The molecular formula is C18H19FN2OS. The van der Waals surface area contributed by atoms with Crippen LogP contribution in [0.4, 0.5) is 4.39 Å². The van der Waals surface area contributed by atoms with Gasteiger partial charge >= 0.3 is 0 Å². The standard InChI is InChI=1S/C18H19FN2OS/c1-4-17(22)21-16(13-6-5-11(2)9-14(13)19)10-15(20-21)18-12(3)7-8-23-18/h5-9,16H,4,10H2,1-3H3/t16-/m0/s1. The van der Waals surface area contributed by atoms with E-state index in [9.17, 15) is 9.18 Å². The molecule has 1 aliphatic rings. The van der Waals surface area contributed by atoms with Crippen molar-refractivity contribution in [3.05, 3.63) is 57.0 Å². The summed E-state index contributed by atoms with van der Waals surface area (Å²) >= 11 is 1.61. The van der Waals surface area contributed by atoms with Gasteiger partial charge in [-0.2, -0.15) is 5.10 Å². The maximum Gasteiger partial charge on any atom is 0.242 e. The molecule has 1 aliphatic heterocycles. The van der Waals surface area contributed by atoms with Crippen molar-refractivity contribution in [1.82, 2.24) is 5.01 Å². The first-order valence-corrected chi connectivity index (χ1v) is 8.59. The Kier molecular flexibility index (Phi) is 4.31. The average molecular weight is 330 g/mol. The summed E-state index contributed by atoms with van der Waals surface area (Å²) in [6.07, 6.45) is 0.900. The highest BCUT2D eigenvalue weighted by molar-refractivity contribution is 7.12. The average Bonchev–Trinajstić information content (AvgIpc) is 3.12. The Bertz CT molecular complexity index is 781. The first-order valence-electron chi connectivity index (χ1n) is 7.71. The van der Waals surface area contributed by atoms with Gasteiger partial charge in [0.05, 0.1) is 16.6 Å². The van der Waals surface area contributed by atoms with E-state index in [4.69, 9.17) is 0 Å². The van der Waals surface area contributed by atoms with E-state index in [1.54, 1.807) is 24.3 Å². The number of hydrogen-bond donors (Lipinski definition) is 0. The van der Waals surface area contributed by atoms with Gasteiger partial charge in [0.2, 0.25) is 5.91 Å². The molecule has 0 bridgehead atoms. The smallest absolute Gasteiger partial charge is 0.242 e. The highest BCUT2D eigenvalue weighted by Crippen LogP contribution is 2.36. The summed E-state index contributed by atoms with van der Waals surface area (Å²) in [6.45, 7) is 5.68. The zero-order valence-corrected chi connectivity index (χ0v) is 14.3. The van der Waals surface area contributed by atoms with Gasteiger partial charge in [-0.15, -0.1) is 11.3 Å². The lowest BCUT2D eigenvalue weighted by Gasteiger charge is -2.22. The molecule has 5 heteroatoms. The number of aryl methyl sites for hydroxylation is 2. The molecule has 3 rings (SSSR count). The van der Waals surface area contributed by atoms with E-state index in [0.29, 0.717) is 18.4 Å². The molecule has 1 atom stereocenters. The van der Waals surface area contributed by atoms with Crippen LogP contribution in [-0.2, 0) is 4.79 Å². The molecule has 0 saturated carbocycles. The van der Waals surface area contributed by atoms with Gasteiger partial charge in [0.25, 0.3) is 0 Å². The van der Waals surface area contributed by atoms with E-state index in [0.717, 1.165) is 21.7 Å². The fourth-order valence-electron chi connectivity index (χ4n) is 2.85. The zero-order valence-electron chi connectivity index (χ0n) is 13.5. The van der Waals surface area contributed by atoms with Crippen molar-refractivity contribution >= 4 is 23.0 Å². The monoisotopic (exact) mass is 330 g/mol. The number of carbonyl (C=O) groups excluding carboxylic acids is 1. The van der Waals surface area contributed by atoms with Gasteiger partial charge < -0.3 is 0 Å². The summed E-state index contributed by atoms with van der Waals surface area (Å²) in [5, 5.41) is 8.00. The van der Waals surface area contributed by atoms with Crippen LogP contribution in [0.15, 0.2) is 34.7 Å². The van der Waals surface area contributed by atoms with Crippen LogP contribution in [0.3, 0.4) is 0 Å². The number of nitrogens with zero attached hydrogens (tertiary/aromatic N) is 2. The Morgan fingerprint density at radius 2 is 2.17 bits per heavy atom. The molecule has 2 heterocycles. The van der Waals surface area contributed by atoms with Crippen LogP contribution in [0.1, 0.15) is 47.4 Å². The van der Waals surface area contributed by atoms with Crippen molar-refractivity contribution in [3.63, 3.8) is 0 Å². The lowest BCUT2D eigenvalue weighted by Crippen LogP contribution is -2.26. The SMILES string of the molecule is CCC(=O)N1N=C(c2sccc2C)C[C@H]1c1ccc(C)cc1F. The molecule has 0 unspecified atom stereocenters. The van der Waals surface area contributed by atoms with Gasteiger partial charge in [-0.3, -0.25) is 4.79 Å². The second kappa shape index (κ2) is 6.24. The van der Waals surface area contributed by atoms with Crippen LogP contribution in [-0.4, -0.2) is 16.6 Å². The molecule has 0 saturated heterocycles. The van der Waals surface area contributed by atoms with Crippen molar-refractivity contribution in [2.45, 2.75) is 39.7 Å². The van der Waals surface area contributed by atoms with Crippen molar-refractivity contribution in [1.29, 1.82) is 0 Å². The molecule has 0 N–H and O–H groups in total. The van der Waals surface area contributed by atoms with Crippen LogP contribution in [0.25, 0.3) is 0 Å². The first-order chi connectivity index (χ1) is 11.0. The van der Waals surface area contributed by atoms with Gasteiger partial charge in [0, 0.05) is 18.4 Å². The Hall–Kier alpha value is -2.01. The minimum atomic E-state index is -0.362. The number of rotatable bonds is 3. The Morgan fingerprint density at radius 3 is 2.78 bits per heavy atom. The van der Waals surface area contributed by atoms with Gasteiger partial charge in [0.15, 0.2) is 0 Å². The Morgan fingerprint density at radius 1 is 1.39 bits per heavy atom. The third-order valence-corrected chi connectivity index (χ3v) is 5.17. The molecule has 1 aromatic heterocycles. The number of halogens is 1. The second-order valence-corrected chi connectivity index (χ2v) is 6.73. The van der Waals surface area contributed by atoms with Crippen molar-refractivity contribution < 1.29 is 9.18 Å². The molecule has 1 amide bonds. The second-order valence-electron chi connectivity index (χ2n) is 5.82. The Balaban J connectivity index is 2.00. The summed E-state index contributed by atoms with van der Waals surface area (Å²) in [6, 6.07) is 6.83. The summed E-state index contributed by atoms with van der Waals surface area (Å²) < 4.78 is 14.4. The highest BCUT2D eigenvalue weighted by Gasteiger charge is 2.34. The number of thiophene rings is 1. The van der Waals surface area contributed by atoms with Gasteiger partial charge in [-0.05, 0) is 42.5 Å². The van der Waals surface area contributed by atoms with E-state index in [1.165, 1.54) is 11.1 Å². The molecule has 2 aromatic rings. The topological polar surface area (TPSA) is 32.7 Å². The maximum atomic E-state index is 14.4. The minimum Gasteiger partial charge on any atom is -0.273 e. The molecule has 0 aliphatic carbocycles. The molecular weight excluding hydrogens is 311 g/mol. The molecule has 0 spiro atoms. The summed E-state index contributed by atoms with van der Waals surface area (Å²) in [5.74, 6) is -0.359. The Labute approximate surface area is 139 Å². The van der Waals surface area contributed by atoms with E-state index in [2.05, 4.69) is 5.10 Å². The maximum absolute atomic E-state index is 14.4. The van der Waals surface area contributed by atoms with E-state index < -0.39 is 0 Å². The third-order valence-electron chi connectivity index (χ3n) is 4.11. The molecule has 3 nitrogen and oxygen atoms in total. The fraction of sp³-hybridized carbons (Fsp3) is 0.333. The number of carbonyl (C=O) groups is 1. The van der Waals surface area contributed by atoms with Gasteiger partial charge in [-0.1, -0.05) is 19.1 Å². The summed E-state index contributed by atoms with van der Waals surface area (Å²) in [7, 11) is 0. The predicted octanol–water partition coefficient (Wildman–Crippen LogP) is 4.59. The van der Waals surface area contributed by atoms with Gasteiger partial charge in [-0.25, -0.2) is 9.40 Å². The van der Waals surface area contributed by atoms with Crippen LogP contribution in [0, 0.1) is 19.7 Å².